The highest BCUT2D eigenvalue weighted by Crippen LogP contribution is 2.16. The van der Waals surface area contributed by atoms with Gasteiger partial charge in [0, 0.05) is 10.6 Å². The van der Waals surface area contributed by atoms with Gasteiger partial charge in [0.05, 0.1) is 5.76 Å². The first-order valence-electron chi connectivity index (χ1n) is 3.72. The molecule has 0 spiro atoms. The van der Waals surface area contributed by atoms with Crippen LogP contribution in [0.1, 0.15) is 12.5 Å². The summed E-state index contributed by atoms with van der Waals surface area (Å²) in [6, 6.07) is 7.61. The molecule has 0 heterocycles. The molecular weight excluding hydrogens is 172 g/mol. The Morgan fingerprint density at radius 2 is 2.17 bits per heavy atom. The zero-order valence-corrected chi connectivity index (χ0v) is 7.77. The van der Waals surface area contributed by atoms with Gasteiger partial charge in [-0.05, 0) is 13.0 Å². The van der Waals surface area contributed by atoms with Crippen molar-refractivity contribution in [2.75, 3.05) is 0 Å². The van der Waals surface area contributed by atoms with Gasteiger partial charge in [0.15, 0.2) is 0 Å². The minimum Gasteiger partial charge on any atom is -0.494 e. The molecule has 0 aliphatic heterocycles. The first-order valence-corrected chi connectivity index (χ1v) is 4.09. The molecule has 64 valence electrons. The molecule has 1 aromatic rings. The van der Waals surface area contributed by atoms with Gasteiger partial charge in [-0.3, -0.25) is 0 Å². The van der Waals surface area contributed by atoms with Crippen molar-refractivity contribution in [2.45, 2.75) is 13.5 Å². The van der Waals surface area contributed by atoms with Gasteiger partial charge in [0.2, 0.25) is 0 Å². The van der Waals surface area contributed by atoms with Crippen molar-refractivity contribution in [3.8, 4) is 0 Å². The van der Waals surface area contributed by atoms with Crippen molar-refractivity contribution in [2.24, 2.45) is 0 Å². The lowest BCUT2D eigenvalue weighted by atomic mass is 10.2. The smallest absolute Gasteiger partial charge is 0.114 e. The Morgan fingerprint density at radius 1 is 1.50 bits per heavy atom. The standard InChI is InChI=1S/C10H11ClO/c1-8(2)12-7-9-5-3-4-6-10(9)11/h3-6H,1,7H2,2H3. The quantitative estimate of drug-likeness (QED) is 0.652. The fraction of sp³-hybridized carbons (Fsp3) is 0.200. The highest BCUT2D eigenvalue weighted by Gasteiger charge is 1.97. The van der Waals surface area contributed by atoms with Crippen LogP contribution in [-0.2, 0) is 11.3 Å². The van der Waals surface area contributed by atoms with Crippen LogP contribution >= 0.6 is 11.6 Å². The van der Waals surface area contributed by atoms with Gasteiger partial charge >= 0.3 is 0 Å². The first kappa shape index (κ1) is 9.14. The molecule has 0 radical (unpaired) electrons. The molecule has 1 aromatic carbocycles. The van der Waals surface area contributed by atoms with Crippen molar-refractivity contribution >= 4 is 11.6 Å². The van der Waals surface area contributed by atoms with Crippen molar-refractivity contribution in [3.05, 3.63) is 47.2 Å². The average Bonchev–Trinajstić information content (AvgIpc) is 2.03. The molecule has 1 rings (SSSR count). The maximum Gasteiger partial charge on any atom is 0.114 e. The van der Waals surface area contributed by atoms with Gasteiger partial charge < -0.3 is 4.74 Å². The predicted octanol–water partition coefficient (Wildman–Crippen LogP) is 3.39. The summed E-state index contributed by atoms with van der Waals surface area (Å²) in [5.74, 6) is 0.704. The Balaban J connectivity index is 2.63. The Morgan fingerprint density at radius 3 is 2.75 bits per heavy atom. The Kier molecular flexibility index (Phi) is 3.18. The van der Waals surface area contributed by atoms with Crippen LogP contribution in [0.4, 0.5) is 0 Å². The largest absolute Gasteiger partial charge is 0.494 e. The van der Waals surface area contributed by atoms with Crippen molar-refractivity contribution in [1.82, 2.24) is 0 Å². The summed E-state index contributed by atoms with van der Waals surface area (Å²) < 4.78 is 5.23. The lowest BCUT2D eigenvalue weighted by Crippen LogP contribution is -1.90. The van der Waals surface area contributed by atoms with Gasteiger partial charge in [0.1, 0.15) is 6.61 Å². The van der Waals surface area contributed by atoms with Gasteiger partial charge in [-0.15, -0.1) is 0 Å². The normalized spacial score (nSPS) is 9.50. The van der Waals surface area contributed by atoms with E-state index in [2.05, 4.69) is 6.58 Å². The maximum absolute atomic E-state index is 5.90. The van der Waals surface area contributed by atoms with Crippen LogP contribution in [0.2, 0.25) is 5.02 Å². The second kappa shape index (κ2) is 4.17. The SMILES string of the molecule is C=C(C)OCc1ccccc1Cl. The third kappa shape index (κ3) is 2.59. The molecule has 0 bridgehead atoms. The second-order valence-electron chi connectivity index (χ2n) is 2.58. The summed E-state index contributed by atoms with van der Waals surface area (Å²) in [4.78, 5) is 0. The Hall–Kier alpha value is -0.950. The molecule has 0 atom stereocenters. The van der Waals surface area contributed by atoms with Gasteiger partial charge in [-0.2, -0.15) is 0 Å². The number of benzene rings is 1. The number of halogens is 1. The van der Waals surface area contributed by atoms with Gasteiger partial charge in [-0.1, -0.05) is 36.4 Å². The zero-order chi connectivity index (χ0) is 8.97. The molecule has 0 saturated heterocycles. The summed E-state index contributed by atoms with van der Waals surface area (Å²) in [6.07, 6.45) is 0. The Labute approximate surface area is 77.6 Å². The summed E-state index contributed by atoms with van der Waals surface area (Å²) in [5.41, 5.74) is 0.988. The van der Waals surface area contributed by atoms with E-state index >= 15 is 0 Å². The monoisotopic (exact) mass is 182 g/mol. The van der Waals surface area contributed by atoms with E-state index in [0.29, 0.717) is 12.4 Å². The van der Waals surface area contributed by atoms with Crippen LogP contribution in [-0.4, -0.2) is 0 Å². The molecule has 0 unspecified atom stereocenters. The summed E-state index contributed by atoms with van der Waals surface area (Å²) >= 11 is 5.90. The van der Waals surface area contributed by atoms with E-state index in [1.165, 1.54) is 0 Å². The maximum atomic E-state index is 5.90. The molecule has 0 saturated carbocycles. The third-order valence-corrected chi connectivity index (χ3v) is 1.80. The average molecular weight is 183 g/mol. The van der Waals surface area contributed by atoms with Crippen LogP contribution in [0.5, 0.6) is 0 Å². The van der Waals surface area contributed by atoms with E-state index in [0.717, 1.165) is 10.6 Å². The molecular formula is C10H11ClO. The van der Waals surface area contributed by atoms with Crippen molar-refractivity contribution < 1.29 is 4.74 Å². The summed E-state index contributed by atoms with van der Waals surface area (Å²) in [7, 11) is 0. The van der Waals surface area contributed by atoms with Gasteiger partial charge in [-0.25, -0.2) is 0 Å². The molecule has 2 heteroatoms. The van der Waals surface area contributed by atoms with Gasteiger partial charge in [0.25, 0.3) is 0 Å². The first-order chi connectivity index (χ1) is 5.70. The van der Waals surface area contributed by atoms with Crippen LogP contribution in [0.25, 0.3) is 0 Å². The molecule has 0 aliphatic carbocycles. The summed E-state index contributed by atoms with van der Waals surface area (Å²) in [6.45, 7) is 5.95. The zero-order valence-electron chi connectivity index (χ0n) is 7.01. The molecule has 12 heavy (non-hydrogen) atoms. The predicted molar refractivity (Wildman–Crippen MR) is 51.1 cm³/mol. The summed E-state index contributed by atoms with van der Waals surface area (Å²) in [5, 5.41) is 0.735. The van der Waals surface area contributed by atoms with Crippen LogP contribution in [0, 0.1) is 0 Å². The van der Waals surface area contributed by atoms with Crippen LogP contribution in [0.3, 0.4) is 0 Å². The molecule has 0 aliphatic rings. The van der Waals surface area contributed by atoms with E-state index in [1.54, 1.807) is 0 Å². The molecule has 1 nitrogen and oxygen atoms in total. The Bertz CT molecular complexity index is 281. The second-order valence-corrected chi connectivity index (χ2v) is 2.99. The topological polar surface area (TPSA) is 9.23 Å². The lowest BCUT2D eigenvalue weighted by molar-refractivity contribution is 0.202. The number of rotatable bonds is 3. The van der Waals surface area contributed by atoms with E-state index in [9.17, 15) is 0 Å². The molecule has 0 amide bonds. The highest BCUT2D eigenvalue weighted by molar-refractivity contribution is 6.31. The third-order valence-electron chi connectivity index (χ3n) is 1.43. The van der Waals surface area contributed by atoms with E-state index in [-0.39, 0.29) is 0 Å². The lowest BCUT2D eigenvalue weighted by Gasteiger charge is -2.05. The van der Waals surface area contributed by atoms with Crippen LogP contribution < -0.4 is 0 Å². The fourth-order valence-electron chi connectivity index (χ4n) is 0.816. The molecule has 0 N–H and O–H groups in total. The highest BCUT2D eigenvalue weighted by atomic mass is 35.5. The minimum atomic E-state index is 0.495. The molecule has 0 aromatic heterocycles. The van der Waals surface area contributed by atoms with E-state index < -0.39 is 0 Å². The van der Waals surface area contributed by atoms with Crippen molar-refractivity contribution in [1.29, 1.82) is 0 Å². The number of hydrogen-bond donors (Lipinski definition) is 0. The number of allylic oxidation sites excluding steroid dienone is 1. The number of ether oxygens (including phenoxy) is 1. The molecule has 0 fully saturated rings. The van der Waals surface area contributed by atoms with Crippen LogP contribution in [0.15, 0.2) is 36.6 Å². The van der Waals surface area contributed by atoms with E-state index in [1.807, 2.05) is 31.2 Å². The fourth-order valence-corrected chi connectivity index (χ4v) is 1.01. The minimum absolute atomic E-state index is 0.495. The van der Waals surface area contributed by atoms with E-state index in [4.69, 9.17) is 16.3 Å². The van der Waals surface area contributed by atoms with Crippen molar-refractivity contribution in [3.63, 3.8) is 0 Å². The number of hydrogen-bond acceptors (Lipinski definition) is 1.